The van der Waals surface area contributed by atoms with Gasteiger partial charge in [0, 0.05) is 0 Å². The highest BCUT2D eigenvalue weighted by Gasteiger charge is 2.11. The predicted octanol–water partition coefficient (Wildman–Crippen LogP) is 1.16. The van der Waals surface area contributed by atoms with E-state index in [0.29, 0.717) is 12.3 Å². The van der Waals surface area contributed by atoms with Gasteiger partial charge >= 0.3 is 11.9 Å². The number of carbonyl (C=O) groups is 2. The van der Waals surface area contributed by atoms with Gasteiger partial charge in [0.1, 0.15) is 6.04 Å². The number of benzene rings is 1. The maximum Gasteiger partial charge on any atom is 0.320 e. The third-order valence-corrected chi connectivity index (χ3v) is 1.88. The fourth-order valence-corrected chi connectivity index (χ4v) is 0.994. The van der Waals surface area contributed by atoms with Crippen molar-refractivity contribution < 1.29 is 19.8 Å². The molecule has 0 radical (unpaired) electrons. The maximum absolute atomic E-state index is 10.1. The standard InChI is InChI=1S/C6H13NO2.C6H6.C2H5NO2/c1-4(2)3-5(7)6(8)9;1-2-4-6-5-3-1;3-1-2(4)5/h4-5H,3,7H2,1-2H3,(H,8,9);1-6H;1,3H2,(H,4,5). The predicted molar refractivity (Wildman–Crippen MR) is 78.2 cm³/mol. The van der Waals surface area contributed by atoms with Gasteiger partial charge in [-0.15, -0.1) is 0 Å². The van der Waals surface area contributed by atoms with Crippen LogP contribution in [0.15, 0.2) is 36.4 Å². The third kappa shape index (κ3) is 18.4. The molecule has 20 heavy (non-hydrogen) atoms. The second kappa shape index (κ2) is 13.5. The first-order valence-electron chi connectivity index (χ1n) is 6.21. The summed E-state index contributed by atoms with van der Waals surface area (Å²) >= 11 is 0. The van der Waals surface area contributed by atoms with Crippen molar-refractivity contribution in [2.24, 2.45) is 17.4 Å². The Bertz CT molecular complexity index is 329. The zero-order valence-corrected chi connectivity index (χ0v) is 11.9. The first-order valence-corrected chi connectivity index (χ1v) is 6.21. The fraction of sp³-hybridized carbons (Fsp3) is 0.429. The minimum atomic E-state index is -0.968. The molecule has 0 aliphatic carbocycles. The zero-order chi connectivity index (χ0) is 16.0. The van der Waals surface area contributed by atoms with E-state index in [1.54, 1.807) is 0 Å². The van der Waals surface area contributed by atoms with Gasteiger partial charge in [-0.3, -0.25) is 9.59 Å². The summed E-state index contributed by atoms with van der Waals surface area (Å²) < 4.78 is 0. The normalized spacial score (nSPS) is 10.4. The molecule has 1 unspecified atom stereocenters. The largest absolute Gasteiger partial charge is 0.480 e. The Morgan fingerprint density at radius 2 is 1.30 bits per heavy atom. The van der Waals surface area contributed by atoms with Crippen molar-refractivity contribution in [3.05, 3.63) is 36.4 Å². The van der Waals surface area contributed by atoms with Crippen molar-refractivity contribution in [2.75, 3.05) is 6.54 Å². The molecular formula is C14H24N2O4. The molecule has 0 bridgehead atoms. The summed E-state index contributed by atoms with van der Waals surface area (Å²) in [4.78, 5) is 19.4. The van der Waals surface area contributed by atoms with E-state index in [4.69, 9.17) is 15.9 Å². The average molecular weight is 284 g/mol. The van der Waals surface area contributed by atoms with Crippen molar-refractivity contribution >= 4 is 11.9 Å². The highest BCUT2D eigenvalue weighted by Crippen LogP contribution is 2.01. The Balaban J connectivity index is 0. The van der Waals surface area contributed by atoms with Gasteiger partial charge in [0.2, 0.25) is 0 Å². The third-order valence-electron chi connectivity index (χ3n) is 1.88. The summed E-state index contributed by atoms with van der Waals surface area (Å²) in [6.45, 7) is 3.62. The van der Waals surface area contributed by atoms with E-state index in [1.165, 1.54) is 0 Å². The van der Waals surface area contributed by atoms with E-state index in [1.807, 2.05) is 50.2 Å². The molecule has 1 aromatic rings. The Morgan fingerprint density at radius 1 is 1.00 bits per heavy atom. The summed E-state index contributed by atoms with van der Waals surface area (Å²) in [6.07, 6.45) is 0.551. The molecule has 0 heterocycles. The summed E-state index contributed by atoms with van der Waals surface area (Å²) in [5.41, 5.74) is 9.79. The number of hydrogen-bond acceptors (Lipinski definition) is 4. The van der Waals surface area contributed by atoms with E-state index < -0.39 is 18.0 Å². The van der Waals surface area contributed by atoms with Gasteiger partial charge in [-0.25, -0.2) is 0 Å². The van der Waals surface area contributed by atoms with Gasteiger partial charge in [-0.2, -0.15) is 0 Å². The van der Waals surface area contributed by atoms with Gasteiger partial charge in [0.05, 0.1) is 6.54 Å². The molecule has 0 amide bonds. The summed E-state index contributed by atoms with van der Waals surface area (Å²) in [5, 5.41) is 15.9. The van der Waals surface area contributed by atoms with Crippen molar-refractivity contribution in [3.63, 3.8) is 0 Å². The van der Waals surface area contributed by atoms with Crippen LogP contribution in [0.1, 0.15) is 20.3 Å². The van der Waals surface area contributed by atoms with Crippen LogP contribution in [0.5, 0.6) is 0 Å². The molecule has 114 valence electrons. The molecule has 1 rings (SSSR count). The van der Waals surface area contributed by atoms with Gasteiger partial charge < -0.3 is 21.7 Å². The smallest absolute Gasteiger partial charge is 0.320 e. The number of aliphatic carboxylic acids is 2. The van der Waals surface area contributed by atoms with Crippen LogP contribution in [0, 0.1) is 5.92 Å². The summed E-state index contributed by atoms with van der Waals surface area (Å²) in [5.74, 6) is -1.52. The fourth-order valence-electron chi connectivity index (χ4n) is 0.994. The lowest BCUT2D eigenvalue weighted by Crippen LogP contribution is -2.31. The number of nitrogens with two attached hydrogens (primary N) is 2. The molecule has 6 N–H and O–H groups in total. The maximum atomic E-state index is 10.1. The van der Waals surface area contributed by atoms with Crippen LogP contribution in [0.2, 0.25) is 0 Å². The van der Waals surface area contributed by atoms with Gasteiger partial charge in [-0.05, 0) is 12.3 Å². The van der Waals surface area contributed by atoms with Crippen LogP contribution in [0.3, 0.4) is 0 Å². The van der Waals surface area contributed by atoms with Crippen molar-refractivity contribution in [3.8, 4) is 0 Å². The number of rotatable bonds is 4. The highest BCUT2D eigenvalue weighted by atomic mass is 16.4. The second-order valence-electron chi connectivity index (χ2n) is 4.33. The minimum Gasteiger partial charge on any atom is -0.480 e. The quantitative estimate of drug-likeness (QED) is 0.657. The number of carboxylic acids is 2. The zero-order valence-electron chi connectivity index (χ0n) is 11.9. The van der Waals surface area contributed by atoms with E-state index in [9.17, 15) is 9.59 Å². The average Bonchev–Trinajstić information content (AvgIpc) is 2.41. The molecule has 6 heteroatoms. The first-order chi connectivity index (χ1) is 9.31. The molecule has 0 saturated carbocycles. The monoisotopic (exact) mass is 284 g/mol. The molecule has 0 spiro atoms. The Hall–Kier alpha value is -1.92. The molecule has 6 nitrogen and oxygen atoms in total. The van der Waals surface area contributed by atoms with E-state index in [2.05, 4.69) is 5.73 Å². The highest BCUT2D eigenvalue weighted by molar-refractivity contribution is 5.72. The lowest BCUT2D eigenvalue weighted by molar-refractivity contribution is -0.139. The Morgan fingerprint density at radius 3 is 1.40 bits per heavy atom. The van der Waals surface area contributed by atoms with E-state index >= 15 is 0 Å². The van der Waals surface area contributed by atoms with Crippen molar-refractivity contribution in [1.29, 1.82) is 0 Å². The van der Waals surface area contributed by atoms with Gasteiger partial charge in [-0.1, -0.05) is 50.2 Å². The van der Waals surface area contributed by atoms with E-state index in [0.717, 1.165) is 0 Å². The van der Waals surface area contributed by atoms with Crippen LogP contribution in [0.4, 0.5) is 0 Å². The van der Waals surface area contributed by atoms with Crippen LogP contribution in [0.25, 0.3) is 0 Å². The second-order valence-corrected chi connectivity index (χ2v) is 4.33. The molecule has 0 aromatic heterocycles. The van der Waals surface area contributed by atoms with Crippen LogP contribution in [-0.4, -0.2) is 34.7 Å². The molecular weight excluding hydrogens is 260 g/mol. The van der Waals surface area contributed by atoms with Gasteiger partial charge in [0.25, 0.3) is 0 Å². The summed E-state index contributed by atoms with van der Waals surface area (Å²) in [6, 6.07) is 11.3. The lowest BCUT2D eigenvalue weighted by Gasteiger charge is -2.07. The van der Waals surface area contributed by atoms with Crippen LogP contribution in [-0.2, 0) is 9.59 Å². The van der Waals surface area contributed by atoms with Crippen molar-refractivity contribution in [2.45, 2.75) is 26.3 Å². The molecule has 1 aromatic carbocycles. The van der Waals surface area contributed by atoms with E-state index in [-0.39, 0.29) is 6.54 Å². The lowest BCUT2D eigenvalue weighted by atomic mass is 10.1. The van der Waals surface area contributed by atoms with Crippen molar-refractivity contribution in [1.82, 2.24) is 0 Å². The SMILES string of the molecule is CC(C)CC(N)C(=O)O.NCC(=O)O.c1ccccc1. The Kier molecular flexibility index (Phi) is 13.8. The van der Waals surface area contributed by atoms with Gasteiger partial charge in [0.15, 0.2) is 0 Å². The molecule has 0 fully saturated rings. The van der Waals surface area contributed by atoms with Crippen LogP contribution >= 0.6 is 0 Å². The topological polar surface area (TPSA) is 127 Å². The molecule has 0 aliphatic rings. The number of carboxylic acid groups (broad SMARTS) is 2. The Labute approximate surface area is 119 Å². The van der Waals surface area contributed by atoms with Crippen LogP contribution < -0.4 is 11.5 Å². The molecule has 0 aliphatic heterocycles. The minimum absolute atomic E-state index is 0.278. The number of hydrogen-bond donors (Lipinski definition) is 4. The summed E-state index contributed by atoms with van der Waals surface area (Å²) in [7, 11) is 0. The first kappa shape index (κ1) is 20.4. The molecule has 1 atom stereocenters. The molecule has 0 saturated heterocycles.